The van der Waals surface area contributed by atoms with Gasteiger partial charge in [-0.05, 0) is 23.3 Å². The van der Waals surface area contributed by atoms with Gasteiger partial charge in [0.2, 0.25) is 0 Å². The van der Waals surface area contributed by atoms with E-state index in [2.05, 4.69) is 0 Å². The molecule has 2 rings (SSSR count). The number of phenols is 2. The lowest BCUT2D eigenvalue weighted by molar-refractivity contribution is -0.299. The second-order valence-corrected chi connectivity index (χ2v) is 6.71. The normalized spacial score (nSPS) is 27.1. The van der Waals surface area contributed by atoms with Gasteiger partial charge in [0.15, 0.2) is 17.8 Å². The molecule has 0 aliphatic carbocycles. The van der Waals surface area contributed by atoms with Crippen LogP contribution >= 0.6 is 0 Å². The van der Waals surface area contributed by atoms with Crippen LogP contribution in [0.3, 0.4) is 0 Å². The van der Waals surface area contributed by atoms with E-state index in [1.165, 1.54) is 24.3 Å². The molecule has 0 saturated carbocycles. The minimum absolute atomic E-state index is 0.210. The van der Waals surface area contributed by atoms with Crippen LogP contribution in [-0.4, -0.2) is 98.8 Å². The van der Waals surface area contributed by atoms with Gasteiger partial charge in [-0.1, -0.05) is 12.1 Å². The molecular weight excluding hydrogens is 404 g/mol. The van der Waals surface area contributed by atoms with Crippen molar-refractivity contribution in [2.24, 2.45) is 0 Å². The van der Waals surface area contributed by atoms with Crippen molar-refractivity contribution < 1.29 is 54.8 Å². The topological polar surface area (TPSA) is 186 Å². The molecule has 1 fully saturated rings. The predicted octanol–water partition coefficient (Wildman–Crippen LogP) is -2.08. The van der Waals surface area contributed by atoms with E-state index < -0.39 is 49.9 Å². The molecule has 1 aliphatic rings. The highest BCUT2D eigenvalue weighted by molar-refractivity contribution is 5.73. The van der Waals surface area contributed by atoms with Crippen LogP contribution in [0.5, 0.6) is 11.5 Å². The highest BCUT2D eigenvalue weighted by Gasteiger charge is 2.44. The molecule has 5 atom stereocenters. The van der Waals surface area contributed by atoms with E-state index in [9.17, 15) is 30.3 Å². The quantitative estimate of drug-likeness (QED) is 0.129. The minimum atomic E-state index is -1.64. The molecule has 1 aliphatic heterocycles. The second kappa shape index (κ2) is 11.2. The number of benzene rings is 1. The predicted molar refractivity (Wildman–Crippen MR) is 99.3 cm³/mol. The molecule has 0 bridgehead atoms. The Bertz CT molecular complexity index is 735. The minimum Gasteiger partial charge on any atom is -0.504 e. The highest BCUT2D eigenvalue weighted by atomic mass is 16.7. The Hall–Kier alpha value is -2.25. The maximum absolute atomic E-state index is 12.0. The lowest BCUT2D eigenvalue weighted by Crippen LogP contribution is -2.59. The van der Waals surface area contributed by atoms with Crippen molar-refractivity contribution in [3.05, 3.63) is 35.4 Å². The number of aliphatic hydroxyl groups is 5. The average molecular weight is 430 g/mol. The molecule has 30 heavy (non-hydrogen) atoms. The molecule has 5 unspecified atom stereocenters. The van der Waals surface area contributed by atoms with Gasteiger partial charge >= 0.3 is 5.97 Å². The SMILES string of the molecule is O=C(Cc1ccc(O)c(O)c1)OCC1OC(OCC(=CCO)CO)C(O)C(O)C1O. The van der Waals surface area contributed by atoms with Gasteiger partial charge in [-0.3, -0.25) is 4.79 Å². The number of rotatable bonds is 9. The molecule has 1 saturated heterocycles. The summed E-state index contributed by atoms with van der Waals surface area (Å²) in [5.41, 5.74) is 0.693. The lowest BCUT2D eigenvalue weighted by Gasteiger charge is -2.40. The molecule has 0 aromatic heterocycles. The molecular formula is C19H26O11. The van der Waals surface area contributed by atoms with Crippen LogP contribution < -0.4 is 0 Å². The monoisotopic (exact) mass is 430 g/mol. The van der Waals surface area contributed by atoms with Crippen LogP contribution in [0.15, 0.2) is 29.8 Å². The summed E-state index contributed by atoms with van der Waals surface area (Å²) in [6.07, 6.45) is -6.30. The van der Waals surface area contributed by atoms with Gasteiger partial charge in [0, 0.05) is 0 Å². The van der Waals surface area contributed by atoms with Gasteiger partial charge in [0.1, 0.15) is 31.0 Å². The smallest absolute Gasteiger partial charge is 0.310 e. The average Bonchev–Trinajstić information content (AvgIpc) is 2.72. The first-order valence-electron chi connectivity index (χ1n) is 9.14. The molecule has 11 nitrogen and oxygen atoms in total. The zero-order valence-electron chi connectivity index (χ0n) is 16.0. The Balaban J connectivity index is 1.92. The van der Waals surface area contributed by atoms with E-state index in [0.717, 1.165) is 0 Å². The van der Waals surface area contributed by atoms with Crippen molar-refractivity contribution in [2.75, 3.05) is 26.4 Å². The largest absolute Gasteiger partial charge is 0.504 e. The van der Waals surface area contributed by atoms with Crippen LogP contribution in [0.25, 0.3) is 0 Å². The third kappa shape index (κ3) is 6.37. The molecule has 0 spiro atoms. The maximum Gasteiger partial charge on any atom is 0.310 e. The van der Waals surface area contributed by atoms with E-state index in [4.69, 9.17) is 24.4 Å². The first-order chi connectivity index (χ1) is 14.3. The molecule has 1 aromatic carbocycles. The fourth-order valence-electron chi connectivity index (χ4n) is 2.75. The second-order valence-electron chi connectivity index (χ2n) is 6.71. The van der Waals surface area contributed by atoms with Gasteiger partial charge in [0.25, 0.3) is 0 Å². The Morgan fingerprint density at radius 2 is 1.80 bits per heavy atom. The number of phenolic OH excluding ortho intramolecular Hbond substituents is 2. The summed E-state index contributed by atoms with van der Waals surface area (Å²) < 4.78 is 15.7. The molecule has 0 radical (unpaired) electrons. The van der Waals surface area contributed by atoms with Gasteiger partial charge in [-0.25, -0.2) is 0 Å². The van der Waals surface area contributed by atoms with E-state index in [1.54, 1.807) is 0 Å². The van der Waals surface area contributed by atoms with Crippen molar-refractivity contribution in [3.8, 4) is 11.5 Å². The summed E-state index contributed by atoms with van der Waals surface area (Å²) >= 11 is 0. The fourth-order valence-corrected chi connectivity index (χ4v) is 2.75. The van der Waals surface area contributed by atoms with E-state index in [1.807, 2.05) is 0 Å². The third-order valence-corrected chi connectivity index (χ3v) is 4.48. The molecule has 1 aromatic rings. The molecule has 0 amide bonds. The molecule has 1 heterocycles. The Morgan fingerprint density at radius 3 is 2.43 bits per heavy atom. The van der Waals surface area contributed by atoms with Gasteiger partial charge in [-0.2, -0.15) is 0 Å². The molecule has 7 N–H and O–H groups in total. The molecule has 168 valence electrons. The zero-order chi connectivity index (χ0) is 22.3. The number of hydrogen-bond acceptors (Lipinski definition) is 11. The summed E-state index contributed by atoms with van der Waals surface area (Å²) in [5, 5.41) is 66.9. The van der Waals surface area contributed by atoms with Gasteiger partial charge in [0.05, 0.1) is 26.2 Å². The Labute approximate surface area is 172 Å². The van der Waals surface area contributed by atoms with Gasteiger partial charge in [-0.15, -0.1) is 0 Å². The van der Waals surface area contributed by atoms with Crippen molar-refractivity contribution in [3.63, 3.8) is 0 Å². The third-order valence-electron chi connectivity index (χ3n) is 4.48. The number of ether oxygens (including phenoxy) is 3. The van der Waals surface area contributed by atoms with Crippen LogP contribution in [0.1, 0.15) is 5.56 Å². The number of hydrogen-bond donors (Lipinski definition) is 7. The maximum atomic E-state index is 12.0. The highest BCUT2D eigenvalue weighted by Crippen LogP contribution is 2.26. The number of aliphatic hydroxyl groups excluding tert-OH is 5. The first kappa shape index (κ1) is 24.0. The standard InChI is InChI=1S/C19H26O11/c20-4-3-11(7-21)8-29-19-18(27)17(26)16(25)14(30-19)9-28-15(24)6-10-1-2-12(22)13(23)5-10/h1-3,5,14,16-23,25-27H,4,6-9H2. The lowest BCUT2D eigenvalue weighted by atomic mass is 9.99. The van der Waals surface area contributed by atoms with E-state index in [0.29, 0.717) is 11.1 Å². The van der Waals surface area contributed by atoms with Crippen molar-refractivity contribution >= 4 is 5.97 Å². The zero-order valence-corrected chi connectivity index (χ0v) is 16.0. The van der Waals surface area contributed by atoms with Crippen LogP contribution in [0.4, 0.5) is 0 Å². The number of aromatic hydroxyl groups is 2. The number of esters is 1. The molecule has 11 heteroatoms. The van der Waals surface area contributed by atoms with E-state index in [-0.39, 0.29) is 31.1 Å². The summed E-state index contributed by atoms with van der Waals surface area (Å²) in [4.78, 5) is 12.0. The number of carbonyl (C=O) groups excluding carboxylic acids is 1. The number of carbonyl (C=O) groups is 1. The first-order valence-corrected chi connectivity index (χ1v) is 9.14. The summed E-state index contributed by atoms with van der Waals surface area (Å²) in [6, 6.07) is 3.84. The van der Waals surface area contributed by atoms with Crippen LogP contribution in [0, 0.1) is 0 Å². The van der Waals surface area contributed by atoms with Gasteiger partial charge < -0.3 is 50.0 Å². The van der Waals surface area contributed by atoms with Crippen LogP contribution in [-0.2, 0) is 25.4 Å². The van der Waals surface area contributed by atoms with Crippen molar-refractivity contribution in [1.82, 2.24) is 0 Å². The van der Waals surface area contributed by atoms with E-state index >= 15 is 0 Å². The summed E-state index contributed by atoms with van der Waals surface area (Å²) in [7, 11) is 0. The summed E-state index contributed by atoms with van der Waals surface area (Å²) in [6.45, 7) is -1.39. The Morgan fingerprint density at radius 1 is 1.07 bits per heavy atom. The summed E-state index contributed by atoms with van der Waals surface area (Å²) in [5.74, 6) is -1.44. The van der Waals surface area contributed by atoms with Crippen molar-refractivity contribution in [2.45, 2.75) is 37.1 Å². The Kier molecular flexibility index (Phi) is 8.99. The van der Waals surface area contributed by atoms with Crippen molar-refractivity contribution in [1.29, 1.82) is 0 Å². The fraction of sp³-hybridized carbons (Fsp3) is 0.526. The van der Waals surface area contributed by atoms with Crippen LogP contribution in [0.2, 0.25) is 0 Å².